The molecular weight excluding hydrogens is 140 g/mol. The van der Waals surface area contributed by atoms with Crippen molar-refractivity contribution in [1.29, 1.82) is 0 Å². The van der Waals surface area contributed by atoms with Crippen molar-refractivity contribution in [2.75, 3.05) is 6.54 Å². The minimum absolute atomic E-state index is 0.146. The summed E-state index contributed by atoms with van der Waals surface area (Å²) >= 11 is 0. The van der Waals surface area contributed by atoms with Crippen molar-refractivity contribution in [3.05, 3.63) is 12.7 Å². The lowest BCUT2D eigenvalue weighted by Gasteiger charge is -2.21. The normalized spacial score (nSPS) is 30.5. The van der Waals surface area contributed by atoms with Crippen LogP contribution in [-0.2, 0) is 0 Å². The minimum atomic E-state index is -0.334. The molecule has 0 aromatic heterocycles. The molecule has 0 bridgehead atoms. The highest BCUT2D eigenvalue weighted by atomic mass is 16.2. The third-order valence-corrected chi connectivity index (χ3v) is 2.29. The summed E-state index contributed by atoms with van der Waals surface area (Å²) in [6.07, 6.45) is 2.82. The van der Waals surface area contributed by atoms with Gasteiger partial charge in [-0.05, 0) is 12.3 Å². The Balaban J connectivity index is 2.68. The fraction of sp³-hybridized carbons (Fsp3) is 0.625. The Morgan fingerprint density at radius 2 is 2.45 bits per heavy atom. The summed E-state index contributed by atoms with van der Waals surface area (Å²) in [5.41, 5.74) is 5.17. The highest BCUT2D eigenvalue weighted by Crippen LogP contribution is 2.23. The van der Waals surface area contributed by atoms with Crippen molar-refractivity contribution < 1.29 is 4.79 Å². The van der Waals surface area contributed by atoms with Crippen molar-refractivity contribution in [2.45, 2.75) is 19.4 Å². The van der Waals surface area contributed by atoms with E-state index in [1.54, 1.807) is 11.0 Å². The first-order chi connectivity index (χ1) is 5.16. The Kier molecular flexibility index (Phi) is 2.17. The van der Waals surface area contributed by atoms with E-state index in [1.807, 2.05) is 0 Å². The van der Waals surface area contributed by atoms with Crippen LogP contribution in [0.3, 0.4) is 0 Å². The molecule has 2 atom stereocenters. The lowest BCUT2D eigenvalue weighted by molar-refractivity contribution is 0.207. The summed E-state index contributed by atoms with van der Waals surface area (Å²) in [6.45, 7) is 6.55. The molecule has 11 heavy (non-hydrogen) atoms. The fourth-order valence-electron chi connectivity index (χ4n) is 1.59. The second-order valence-corrected chi connectivity index (χ2v) is 3.02. The molecule has 1 aliphatic heterocycles. The number of urea groups is 1. The van der Waals surface area contributed by atoms with Gasteiger partial charge in [0.15, 0.2) is 0 Å². The van der Waals surface area contributed by atoms with Crippen molar-refractivity contribution in [3.8, 4) is 0 Å². The number of hydrogen-bond acceptors (Lipinski definition) is 1. The number of carbonyl (C=O) groups is 1. The molecule has 2 N–H and O–H groups in total. The van der Waals surface area contributed by atoms with Crippen LogP contribution in [0.5, 0.6) is 0 Å². The molecule has 1 fully saturated rings. The van der Waals surface area contributed by atoms with Crippen molar-refractivity contribution >= 4 is 6.03 Å². The molecule has 2 amide bonds. The number of amides is 2. The zero-order valence-electron chi connectivity index (χ0n) is 6.79. The van der Waals surface area contributed by atoms with Crippen molar-refractivity contribution in [1.82, 2.24) is 4.90 Å². The number of nitrogens with two attached hydrogens (primary N) is 1. The van der Waals surface area contributed by atoms with Gasteiger partial charge in [-0.1, -0.05) is 13.0 Å². The van der Waals surface area contributed by atoms with Crippen LogP contribution < -0.4 is 5.73 Å². The molecule has 0 saturated carbocycles. The van der Waals surface area contributed by atoms with Gasteiger partial charge in [-0.25, -0.2) is 4.79 Å². The van der Waals surface area contributed by atoms with E-state index in [1.165, 1.54) is 0 Å². The summed E-state index contributed by atoms with van der Waals surface area (Å²) in [4.78, 5) is 12.5. The zero-order valence-corrected chi connectivity index (χ0v) is 6.79. The topological polar surface area (TPSA) is 46.3 Å². The number of likely N-dealkylation sites (tertiary alicyclic amines) is 1. The van der Waals surface area contributed by atoms with E-state index in [0.717, 1.165) is 13.0 Å². The zero-order chi connectivity index (χ0) is 8.43. The van der Waals surface area contributed by atoms with Crippen molar-refractivity contribution in [3.63, 3.8) is 0 Å². The molecule has 1 heterocycles. The summed E-state index contributed by atoms with van der Waals surface area (Å²) in [7, 11) is 0. The lowest BCUT2D eigenvalue weighted by atomic mass is 10.0. The monoisotopic (exact) mass is 154 g/mol. The molecule has 1 saturated heterocycles. The standard InChI is InChI=1S/C8H14N2O/c1-3-7-6(2)4-5-10(7)8(9)11/h3,6-7H,1,4-5H2,2H3,(H2,9,11). The van der Waals surface area contributed by atoms with Crippen LogP contribution in [0.25, 0.3) is 0 Å². The van der Waals surface area contributed by atoms with Crippen LogP contribution in [0, 0.1) is 5.92 Å². The summed E-state index contributed by atoms with van der Waals surface area (Å²) < 4.78 is 0. The third kappa shape index (κ3) is 1.37. The Bertz CT molecular complexity index is 179. The molecule has 1 aliphatic rings. The maximum Gasteiger partial charge on any atom is 0.315 e. The second kappa shape index (κ2) is 2.95. The number of nitrogens with zero attached hydrogens (tertiary/aromatic N) is 1. The minimum Gasteiger partial charge on any atom is -0.351 e. The maximum atomic E-state index is 10.8. The van der Waals surface area contributed by atoms with E-state index in [4.69, 9.17) is 5.73 Å². The van der Waals surface area contributed by atoms with Crippen molar-refractivity contribution in [2.24, 2.45) is 11.7 Å². The van der Waals surface area contributed by atoms with E-state index < -0.39 is 0 Å². The Labute approximate surface area is 66.9 Å². The smallest absolute Gasteiger partial charge is 0.315 e. The van der Waals surface area contributed by atoms with Gasteiger partial charge in [-0.3, -0.25) is 0 Å². The summed E-state index contributed by atoms with van der Waals surface area (Å²) in [5.74, 6) is 0.500. The molecule has 62 valence electrons. The van der Waals surface area contributed by atoms with Gasteiger partial charge in [0.05, 0.1) is 6.04 Å². The number of rotatable bonds is 1. The highest BCUT2D eigenvalue weighted by molar-refractivity contribution is 5.73. The van der Waals surface area contributed by atoms with Gasteiger partial charge in [0.25, 0.3) is 0 Å². The molecular formula is C8H14N2O. The van der Waals surface area contributed by atoms with Crippen LogP contribution in [0.1, 0.15) is 13.3 Å². The van der Waals surface area contributed by atoms with Crippen LogP contribution in [0.15, 0.2) is 12.7 Å². The van der Waals surface area contributed by atoms with Crippen LogP contribution in [0.4, 0.5) is 4.79 Å². The predicted molar refractivity (Wildman–Crippen MR) is 44.1 cm³/mol. The molecule has 0 aliphatic carbocycles. The van der Waals surface area contributed by atoms with Crippen LogP contribution in [0.2, 0.25) is 0 Å². The first-order valence-corrected chi connectivity index (χ1v) is 3.85. The number of primary amides is 1. The predicted octanol–water partition coefficient (Wildman–Crippen LogP) is 0.962. The van der Waals surface area contributed by atoms with Gasteiger partial charge in [0, 0.05) is 6.54 Å². The van der Waals surface area contributed by atoms with Gasteiger partial charge < -0.3 is 10.6 Å². The first-order valence-electron chi connectivity index (χ1n) is 3.85. The van der Waals surface area contributed by atoms with Gasteiger partial charge >= 0.3 is 6.03 Å². The van der Waals surface area contributed by atoms with E-state index >= 15 is 0 Å². The van der Waals surface area contributed by atoms with Gasteiger partial charge in [-0.2, -0.15) is 0 Å². The van der Waals surface area contributed by atoms with Crippen LogP contribution in [-0.4, -0.2) is 23.5 Å². The molecule has 0 spiro atoms. The Morgan fingerprint density at radius 1 is 1.82 bits per heavy atom. The van der Waals surface area contributed by atoms with Gasteiger partial charge in [-0.15, -0.1) is 6.58 Å². The quantitative estimate of drug-likeness (QED) is 0.562. The third-order valence-electron chi connectivity index (χ3n) is 2.29. The number of hydrogen-bond donors (Lipinski definition) is 1. The highest BCUT2D eigenvalue weighted by Gasteiger charge is 2.30. The molecule has 0 aromatic rings. The Hall–Kier alpha value is -0.990. The molecule has 3 heteroatoms. The average Bonchev–Trinajstić information content (AvgIpc) is 2.30. The van der Waals surface area contributed by atoms with E-state index in [0.29, 0.717) is 5.92 Å². The molecule has 0 aromatic carbocycles. The van der Waals surface area contributed by atoms with E-state index in [9.17, 15) is 4.79 Å². The molecule has 2 unspecified atom stereocenters. The molecule has 0 radical (unpaired) electrons. The SMILES string of the molecule is C=CC1C(C)CCN1C(N)=O. The summed E-state index contributed by atoms with van der Waals surface area (Å²) in [6, 6.07) is -0.188. The number of carbonyl (C=O) groups excluding carboxylic acids is 1. The van der Waals surface area contributed by atoms with Gasteiger partial charge in [0.1, 0.15) is 0 Å². The van der Waals surface area contributed by atoms with E-state index in [-0.39, 0.29) is 12.1 Å². The van der Waals surface area contributed by atoms with Gasteiger partial charge in [0.2, 0.25) is 0 Å². The van der Waals surface area contributed by atoms with E-state index in [2.05, 4.69) is 13.5 Å². The fourth-order valence-corrected chi connectivity index (χ4v) is 1.59. The largest absolute Gasteiger partial charge is 0.351 e. The maximum absolute atomic E-state index is 10.8. The second-order valence-electron chi connectivity index (χ2n) is 3.02. The molecule has 3 nitrogen and oxygen atoms in total. The lowest BCUT2D eigenvalue weighted by Crippen LogP contribution is -2.39. The van der Waals surface area contributed by atoms with Crippen LogP contribution >= 0.6 is 0 Å². The Morgan fingerprint density at radius 3 is 2.82 bits per heavy atom. The average molecular weight is 154 g/mol. The first kappa shape index (κ1) is 8.11. The molecule has 1 rings (SSSR count). The summed E-state index contributed by atoms with van der Waals surface area (Å²) in [5, 5.41) is 0.